The highest BCUT2D eigenvalue weighted by Crippen LogP contribution is 2.30. The van der Waals surface area contributed by atoms with Crippen molar-refractivity contribution >= 4 is 17.9 Å². The Labute approximate surface area is 159 Å². The standard InChI is InChI=1S/C18H27N5O4/c1-12-8-14(26-4)15(27-5)9-13(12)11-22(3)17(19-2)20-6-7-23-16(24)10-21-18(23)25/h8-9H,6-7,10-11H2,1-5H3,(H,19,20)(H,21,25). The van der Waals surface area contributed by atoms with Crippen LogP contribution in [-0.2, 0) is 11.3 Å². The van der Waals surface area contributed by atoms with Crippen LogP contribution in [-0.4, -0.2) is 75.6 Å². The lowest BCUT2D eigenvalue weighted by Gasteiger charge is -2.24. The maximum Gasteiger partial charge on any atom is 0.324 e. The lowest BCUT2D eigenvalue weighted by atomic mass is 10.1. The molecule has 1 aliphatic rings. The summed E-state index contributed by atoms with van der Waals surface area (Å²) >= 11 is 0. The summed E-state index contributed by atoms with van der Waals surface area (Å²) in [5, 5.41) is 5.67. The van der Waals surface area contributed by atoms with Crippen LogP contribution in [0.2, 0.25) is 0 Å². The molecule has 0 saturated carbocycles. The van der Waals surface area contributed by atoms with Gasteiger partial charge in [-0.1, -0.05) is 0 Å². The first-order valence-corrected chi connectivity index (χ1v) is 8.62. The van der Waals surface area contributed by atoms with E-state index in [4.69, 9.17) is 9.47 Å². The number of hydrogen-bond donors (Lipinski definition) is 2. The number of urea groups is 1. The molecule has 9 heteroatoms. The summed E-state index contributed by atoms with van der Waals surface area (Å²) in [5.74, 6) is 1.81. The number of guanidine groups is 1. The lowest BCUT2D eigenvalue weighted by Crippen LogP contribution is -2.43. The fourth-order valence-corrected chi connectivity index (χ4v) is 2.87. The van der Waals surface area contributed by atoms with E-state index >= 15 is 0 Å². The second-order valence-corrected chi connectivity index (χ2v) is 6.17. The Morgan fingerprint density at radius 2 is 1.96 bits per heavy atom. The summed E-state index contributed by atoms with van der Waals surface area (Å²) in [4.78, 5) is 30.6. The van der Waals surface area contributed by atoms with Gasteiger partial charge in [-0.15, -0.1) is 0 Å². The summed E-state index contributed by atoms with van der Waals surface area (Å²) in [7, 11) is 6.82. The van der Waals surface area contributed by atoms with Gasteiger partial charge >= 0.3 is 6.03 Å². The Balaban J connectivity index is 1.98. The number of nitrogens with zero attached hydrogens (tertiary/aromatic N) is 3. The molecule has 2 N–H and O–H groups in total. The number of nitrogens with one attached hydrogen (secondary N) is 2. The highest BCUT2D eigenvalue weighted by molar-refractivity contribution is 6.01. The Kier molecular flexibility index (Phi) is 6.86. The van der Waals surface area contributed by atoms with Crippen molar-refractivity contribution in [3.63, 3.8) is 0 Å². The highest BCUT2D eigenvalue weighted by atomic mass is 16.5. The first-order valence-electron chi connectivity index (χ1n) is 8.62. The van der Waals surface area contributed by atoms with E-state index in [2.05, 4.69) is 15.6 Å². The third-order valence-electron chi connectivity index (χ3n) is 4.38. The molecule has 0 bridgehead atoms. The molecule has 0 unspecified atom stereocenters. The van der Waals surface area contributed by atoms with E-state index in [0.29, 0.717) is 30.5 Å². The van der Waals surface area contributed by atoms with Gasteiger partial charge in [0.25, 0.3) is 0 Å². The van der Waals surface area contributed by atoms with Gasteiger partial charge in [-0.3, -0.25) is 14.7 Å². The largest absolute Gasteiger partial charge is 0.493 e. The van der Waals surface area contributed by atoms with Crippen LogP contribution < -0.4 is 20.1 Å². The van der Waals surface area contributed by atoms with Crippen LogP contribution in [0.3, 0.4) is 0 Å². The van der Waals surface area contributed by atoms with Gasteiger partial charge in [-0.25, -0.2) is 4.79 Å². The van der Waals surface area contributed by atoms with Crippen LogP contribution in [0.25, 0.3) is 0 Å². The minimum absolute atomic E-state index is 0.0615. The van der Waals surface area contributed by atoms with Crippen LogP contribution in [0.1, 0.15) is 11.1 Å². The molecule has 0 atom stereocenters. The predicted molar refractivity (Wildman–Crippen MR) is 102 cm³/mol. The Bertz CT molecular complexity index is 719. The van der Waals surface area contributed by atoms with Crippen molar-refractivity contribution in [2.45, 2.75) is 13.5 Å². The molecule has 148 valence electrons. The Morgan fingerprint density at radius 3 is 2.52 bits per heavy atom. The second-order valence-electron chi connectivity index (χ2n) is 6.17. The van der Waals surface area contributed by atoms with Crippen LogP contribution in [0.15, 0.2) is 17.1 Å². The molecule has 2 rings (SSSR count). The number of carbonyl (C=O) groups is 2. The maximum absolute atomic E-state index is 11.6. The molecule has 0 spiro atoms. The highest BCUT2D eigenvalue weighted by Gasteiger charge is 2.27. The van der Waals surface area contributed by atoms with Gasteiger partial charge in [-0.05, 0) is 30.2 Å². The van der Waals surface area contributed by atoms with Gasteiger partial charge in [0.1, 0.15) is 0 Å². The van der Waals surface area contributed by atoms with Crippen molar-refractivity contribution in [3.05, 3.63) is 23.3 Å². The van der Waals surface area contributed by atoms with Crippen LogP contribution in [0.4, 0.5) is 4.79 Å². The number of hydrogen-bond acceptors (Lipinski definition) is 5. The van der Waals surface area contributed by atoms with E-state index in [1.807, 2.05) is 31.0 Å². The number of methoxy groups -OCH3 is 2. The minimum Gasteiger partial charge on any atom is -0.493 e. The Morgan fingerprint density at radius 1 is 1.30 bits per heavy atom. The van der Waals surface area contributed by atoms with Gasteiger partial charge in [0.2, 0.25) is 5.91 Å². The molecule has 1 aliphatic heterocycles. The Hall–Kier alpha value is -2.97. The van der Waals surface area contributed by atoms with Crippen molar-refractivity contribution in [1.29, 1.82) is 0 Å². The number of ether oxygens (including phenoxy) is 2. The predicted octanol–water partition coefficient (Wildman–Crippen LogP) is 0.571. The molecule has 1 aromatic rings. The fraction of sp³-hybridized carbons (Fsp3) is 0.500. The van der Waals surface area contributed by atoms with E-state index in [-0.39, 0.29) is 25.0 Å². The molecular weight excluding hydrogens is 350 g/mol. The third kappa shape index (κ3) is 4.81. The molecule has 3 amide bonds. The quantitative estimate of drug-likeness (QED) is 0.410. The zero-order valence-corrected chi connectivity index (χ0v) is 16.5. The lowest BCUT2D eigenvalue weighted by molar-refractivity contribution is -0.124. The van der Waals surface area contributed by atoms with Crippen LogP contribution in [0.5, 0.6) is 11.5 Å². The van der Waals surface area contributed by atoms with Crippen LogP contribution >= 0.6 is 0 Å². The van der Waals surface area contributed by atoms with E-state index in [9.17, 15) is 9.59 Å². The molecular formula is C18H27N5O4. The molecule has 1 heterocycles. The molecule has 1 fully saturated rings. The van der Waals surface area contributed by atoms with Gasteiger partial charge in [0.15, 0.2) is 17.5 Å². The zero-order chi connectivity index (χ0) is 20.0. The van der Waals surface area contributed by atoms with E-state index < -0.39 is 0 Å². The van der Waals surface area contributed by atoms with Crippen molar-refractivity contribution in [1.82, 2.24) is 20.4 Å². The number of aryl methyl sites for hydroxylation is 1. The molecule has 0 radical (unpaired) electrons. The first kappa shape index (κ1) is 20.3. The van der Waals surface area contributed by atoms with Crippen molar-refractivity contribution in [3.8, 4) is 11.5 Å². The summed E-state index contributed by atoms with van der Waals surface area (Å²) < 4.78 is 10.7. The first-order chi connectivity index (χ1) is 12.9. The van der Waals surface area contributed by atoms with Crippen LogP contribution in [0, 0.1) is 6.92 Å². The number of carbonyl (C=O) groups excluding carboxylic acids is 2. The van der Waals surface area contributed by atoms with Crippen molar-refractivity contribution in [2.24, 2.45) is 4.99 Å². The fourth-order valence-electron chi connectivity index (χ4n) is 2.87. The monoisotopic (exact) mass is 377 g/mol. The SMILES string of the molecule is CN=C(NCCN1C(=O)CNC1=O)N(C)Cc1cc(OC)c(OC)cc1C. The number of aliphatic imine (C=N–C) groups is 1. The van der Waals surface area contributed by atoms with Gasteiger partial charge in [0.05, 0.1) is 20.8 Å². The second kappa shape index (κ2) is 9.11. The minimum atomic E-state index is -0.355. The smallest absolute Gasteiger partial charge is 0.324 e. The van der Waals surface area contributed by atoms with Gasteiger partial charge in [-0.2, -0.15) is 0 Å². The number of rotatable bonds is 7. The normalized spacial score (nSPS) is 14.3. The topological polar surface area (TPSA) is 95.5 Å². The molecule has 1 aromatic carbocycles. The average Bonchev–Trinajstić information content (AvgIpc) is 2.98. The number of imide groups is 1. The van der Waals surface area contributed by atoms with Crippen molar-refractivity contribution in [2.75, 3.05) is 47.9 Å². The summed E-state index contributed by atoms with van der Waals surface area (Å²) in [6, 6.07) is 3.53. The van der Waals surface area contributed by atoms with Gasteiger partial charge < -0.3 is 25.0 Å². The molecule has 0 aliphatic carbocycles. The average molecular weight is 377 g/mol. The van der Waals surface area contributed by atoms with E-state index in [1.54, 1.807) is 21.3 Å². The molecule has 1 saturated heterocycles. The number of amides is 3. The number of benzene rings is 1. The van der Waals surface area contributed by atoms with Crippen molar-refractivity contribution < 1.29 is 19.1 Å². The summed E-state index contributed by atoms with van der Waals surface area (Å²) in [6.45, 7) is 3.38. The van der Waals surface area contributed by atoms with Gasteiger partial charge in [0, 0.05) is 33.7 Å². The zero-order valence-electron chi connectivity index (χ0n) is 16.5. The molecule has 0 aromatic heterocycles. The van der Waals surface area contributed by atoms with E-state index in [0.717, 1.165) is 11.1 Å². The maximum atomic E-state index is 11.6. The van der Waals surface area contributed by atoms with E-state index in [1.165, 1.54) is 4.90 Å². The summed E-state index contributed by atoms with van der Waals surface area (Å²) in [6.07, 6.45) is 0. The third-order valence-corrected chi connectivity index (χ3v) is 4.38. The summed E-state index contributed by atoms with van der Waals surface area (Å²) in [5.41, 5.74) is 2.15. The molecule has 27 heavy (non-hydrogen) atoms. The molecule has 9 nitrogen and oxygen atoms in total.